The standard InChI is InChI=1S/C14H17N5O2/c20-14(21)12-13(11-5-1-2-6-15-11)19(17-16-12)10-9-18-7-3-4-8-18/h1-2,5-6H,3-4,7-10H2,(H,20,21). The Morgan fingerprint density at radius 2 is 2.05 bits per heavy atom. The largest absolute Gasteiger partial charge is 0.476 e. The first-order chi connectivity index (χ1) is 10.3. The van der Waals surface area contributed by atoms with Gasteiger partial charge in [0.2, 0.25) is 0 Å². The number of aromatic nitrogens is 4. The molecule has 0 aliphatic carbocycles. The van der Waals surface area contributed by atoms with Crippen LogP contribution in [0.1, 0.15) is 23.3 Å². The van der Waals surface area contributed by atoms with Crippen LogP contribution in [0.2, 0.25) is 0 Å². The van der Waals surface area contributed by atoms with Gasteiger partial charge in [-0.15, -0.1) is 5.10 Å². The van der Waals surface area contributed by atoms with Crippen molar-refractivity contribution in [3.05, 3.63) is 30.1 Å². The van der Waals surface area contributed by atoms with Crippen LogP contribution in [0.5, 0.6) is 0 Å². The Kier molecular flexibility index (Phi) is 3.92. The normalized spacial score (nSPS) is 15.4. The van der Waals surface area contributed by atoms with Crippen LogP contribution in [0.3, 0.4) is 0 Å². The molecule has 1 aliphatic heterocycles. The van der Waals surface area contributed by atoms with Crippen molar-refractivity contribution in [2.45, 2.75) is 19.4 Å². The van der Waals surface area contributed by atoms with E-state index in [2.05, 4.69) is 20.2 Å². The summed E-state index contributed by atoms with van der Waals surface area (Å²) in [5.74, 6) is -1.08. The summed E-state index contributed by atoms with van der Waals surface area (Å²) in [4.78, 5) is 17.9. The summed E-state index contributed by atoms with van der Waals surface area (Å²) in [5, 5.41) is 17.1. The van der Waals surface area contributed by atoms with Crippen LogP contribution in [0.25, 0.3) is 11.4 Å². The number of hydrogen-bond acceptors (Lipinski definition) is 5. The van der Waals surface area contributed by atoms with Crippen molar-refractivity contribution in [2.75, 3.05) is 19.6 Å². The summed E-state index contributed by atoms with van der Waals surface area (Å²) in [7, 11) is 0. The topological polar surface area (TPSA) is 84.1 Å². The highest BCUT2D eigenvalue weighted by Crippen LogP contribution is 2.20. The van der Waals surface area contributed by atoms with E-state index in [-0.39, 0.29) is 5.69 Å². The minimum atomic E-state index is -1.08. The van der Waals surface area contributed by atoms with Crippen LogP contribution < -0.4 is 0 Å². The van der Waals surface area contributed by atoms with Crippen LogP contribution in [-0.4, -0.2) is 55.6 Å². The maximum Gasteiger partial charge on any atom is 0.358 e. The Balaban J connectivity index is 1.87. The zero-order valence-corrected chi connectivity index (χ0v) is 11.6. The van der Waals surface area contributed by atoms with Crippen molar-refractivity contribution in [3.63, 3.8) is 0 Å². The van der Waals surface area contributed by atoms with Crippen molar-refractivity contribution >= 4 is 5.97 Å². The molecule has 110 valence electrons. The van der Waals surface area contributed by atoms with E-state index in [0.717, 1.165) is 19.6 Å². The molecule has 2 aromatic heterocycles. The number of rotatable bonds is 5. The maximum absolute atomic E-state index is 11.3. The van der Waals surface area contributed by atoms with Crippen molar-refractivity contribution < 1.29 is 9.90 Å². The van der Waals surface area contributed by atoms with E-state index in [1.807, 2.05) is 6.07 Å². The molecule has 0 unspecified atom stereocenters. The molecule has 1 aliphatic rings. The van der Waals surface area contributed by atoms with E-state index in [1.165, 1.54) is 12.8 Å². The molecule has 0 atom stereocenters. The van der Waals surface area contributed by atoms with Gasteiger partial charge in [-0.25, -0.2) is 9.48 Å². The molecular weight excluding hydrogens is 270 g/mol. The average molecular weight is 287 g/mol. The second-order valence-electron chi connectivity index (χ2n) is 5.08. The first-order valence-corrected chi connectivity index (χ1v) is 7.06. The van der Waals surface area contributed by atoms with Crippen molar-refractivity contribution in [2.24, 2.45) is 0 Å². The van der Waals surface area contributed by atoms with Crippen molar-refractivity contribution in [1.82, 2.24) is 24.9 Å². The van der Waals surface area contributed by atoms with E-state index in [1.54, 1.807) is 23.0 Å². The Morgan fingerprint density at radius 1 is 1.24 bits per heavy atom. The predicted octanol–water partition coefficient (Wildman–Crippen LogP) is 1.13. The molecule has 21 heavy (non-hydrogen) atoms. The fraction of sp³-hybridized carbons (Fsp3) is 0.429. The highest BCUT2D eigenvalue weighted by atomic mass is 16.4. The lowest BCUT2D eigenvalue weighted by Crippen LogP contribution is -2.25. The highest BCUT2D eigenvalue weighted by Gasteiger charge is 2.22. The molecular formula is C14H17N5O2. The van der Waals surface area contributed by atoms with E-state index in [9.17, 15) is 9.90 Å². The monoisotopic (exact) mass is 287 g/mol. The van der Waals surface area contributed by atoms with E-state index in [4.69, 9.17) is 0 Å². The number of likely N-dealkylation sites (tertiary alicyclic amines) is 1. The summed E-state index contributed by atoms with van der Waals surface area (Å²) in [6, 6.07) is 5.39. The Bertz CT molecular complexity index is 620. The Labute approximate surface area is 122 Å². The van der Waals surface area contributed by atoms with Gasteiger partial charge in [0.05, 0.1) is 12.2 Å². The van der Waals surface area contributed by atoms with Gasteiger partial charge in [-0.1, -0.05) is 11.3 Å². The minimum Gasteiger partial charge on any atom is -0.476 e. The average Bonchev–Trinajstić information content (AvgIpc) is 3.15. The number of aromatic carboxylic acids is 1. The molecule has 7 heteroatoms. The Hall–Kier alpha value is -2.28. The summed E-state index contributed by atoms with van der Waals surface area (Å²) in [5.41, 5.74) is 1.01. The summed E-state index contributed by atoms with van der Waals surface area (Å²) >= 11 is 0. The molecule has 1 fully saturated rings. The van der Waals surface area contributed by atoms with Crippen LogP contribution in [0.4, 0.5) is 0 Å². The molecule has 3 rings (SSSR count). The first-order valence-electron chi connectivity index (χ1n) is 7.06. The van der Waals surface area contributed by atoms with Crippen LogP contribution >= 0.6 is 0 Å². The molecule has 0 amide bonds. The van der Waals surface area contributed by atoms with Crippen molar-refractivity contribution in [1.29, 1.82) is 0 Å². The van der Waals surface area contributed by atoms with Gasteiger partial charge >= 0.3 is 5.97 Å². The molecule has 0 radical (unpaired) electrons. The first kappa shape index (κ1) is 13.7. The quantitative estimate of drug-likeness (QED) is 0.887. The highest BCUT2D eigenvalue weighted by molar-refractivity contribution is 5.92. The second kappa shape index (κ2) is 6.01. The maximum atomic E-state index is 11.3. The SMILES string of the molecule is O=C(O)c1nnn(CCN2CCCC2)c1-c1ccccn1. The minimum absolute atomic E-state index is 0.0462. The van der Waals surface area contributed by atoms with Gasteiger partial charge in [0.25, 0.3) is 0 Å². The summed E-state index contributed by atoms with van der Waals surface area (Å²) in [6.07, 6.45) is 4.09. The fourth-order valence-electron chi connectivity index (χ4n) is 2.61. The number of pyridine rings is 1. The molecule has 3 heterocycles. The van der Waals surface area contributed by atoms with Crippen LogP contribution in [0, 0.1) is 0 Å². The zero-order valence-electron chi connectivity index (χ0n) is 11.6. The number of hydrogen-bond donors (Lipinski definition) is 1. The van der Waals surface area contributed by atoms with Gasteiger partial charge in [0, 0.05) is 12.7 Å². The van der Waals surface area contributed by atoms with Crippen LogP contribution in [-0.2, 0) is 6.54 Å². The molecule has 2 aromatic rings. The summed E-state index contributed by atoms with van der Waals surface area (Å²) < 4.78 is 1.64. The third kappa shape index (κ3) is 2.92. The van der Waals surface area contributed by atoms with Crippen LogP contribution in [0.15, 0.2) is 24.4 Å². The molecule has 0 spiro atoms. The lowest BCUT2D eigenvalue weighted by atomic mass is 10.2. The van der Waals surface area contributed by atoms with E-state index < -0.39 is 5.97 Å². The van der Waals surface area contributed by atoms with Gasteiger partial charge in [0.15, 0.2) is 5.69 Å². The predicted molar refractivity (Wildman–Crippen MR) is 75.9 cm³/mol. The number of carboxylic acids is 1. The number of carbonyl (C=O) groups is 1. The third-order valence-electron chi connectivity index (χ3n) is 3.67. The molecule has 1 saturated heterocycles. The van der Waals surface area contributed by atoms with Gasteiger partial charge < -0.3 is 10.0 Å². The van der Waals surface area contributed by atoms with Gasteiger partial charge in [-0.05, 0) is 38.1 Å². The molecule has 0 aromatic carbocycles. The molecule has 0 saturated carbocycles. The number of carboxylic acid groups (broad SMARTS) is 1. The molecule has 7 nitrogen and oxygen atoms in total. The van der Waals surface area contributed by atoms with Gasteiger partial charge in [-0.2, -0.15) is 0 Å². The smallest absolute Gasteiger partial charge is 0.358 e. The fourth-order valence-corrected chi connectivity index (χ4v) is 2.61. The lowest BCUT2D eigenvalue weighted by molar-refractivity contribution is 0.0691. The van der Waals surface area contributed by atoms with E-state index >= 15 is 0 Å². The van der Waals surface area contributed by atoms with Crippen molar-refractivity contribution in [3.8, 4) is 11.4 Å². The van der Waals surface area contributed by atoms with Gasteiger partial charge in [-0.3, -0.25) is 4.98 Å². The Morgan fingerprint density at radius 3 is 2.71 bits per heavy atom. The third-order valence-corrected chi connectivity index (χ3v) is 3.67. The zero-order chi connectivity index (χ0) is 14.7. The second-order valence-corrected chi connectivity index (χ2v) is 5.08. The number of nitrogens with zero attached hydrogens (tertiary/aromatic N) is 5. The van der Waals surface area contributed by atoms with Gasteiger partial charge in [0.1, 0.15) is 5.69 Å². The summed E-state index contributed by atoms with van der Waals surface area (Å²) in [6.45, 7) is 3.66. The lowest BCUT2D eigenvalue weighted by Gasteiger charge is -2.15. The van der Waals surface area contributed by atoms with E-state index in [0.29, 0.717) is 17.9 Å². The molecule has 1 N–H and O–H groups in total. The molecule has 0 bridgehead atoms.